The van der Waals surface area contributed by atoms with Gasteiger partial charge in [-0.25, -0.2) is 4.79 Å². The van der Waals surface area contributed by atoms with Crippen molar-refractivity contribution >= 4 is 11.9 Å². The third-order valence-electron chi connectivity index (χ3n) is 2.95. The van der Waals surface area contributed by atoms with Crippen LogP contribution >= 0.6 is 0 Å². The molecule has 0 saturated heterocycles. The Labute approximate surface area is 88.3 Å². The van der Waals surface area contributed by atoms with Crippen molar-refractivity contribution in [3.05, 3.63) is 17.9 Å². The molecule has 0 unspecified atom stereocenters. The summed E-state index contributed by atoms with van der Waals surface area (Å²) in [6, 6.07) is 3.15. The Morgan fingerprint density at radius 3 is 2.67 bits per heavy atom. The molecule has 0 radical (unpaired) electrons. The van der Waals surface area contributed by atoms with Crippen molar-refractivity contribution in [3.63, 3.8) is 0 Å². The van der Waals surface area contributed by atoms with Crippen molar-refractivity contribution in [2.75, 3.05) is 5.32 Å². The number of aromatic carboxylic acids is 1. The van der Waals surface area contributed by atoms with Crippen LogP contribution in [0.25, 0.3) is 0 Å². The van der Waals surface area contributed by atoms with E-state index in [1.807, 2.05) is 0 Å². The maximum absolute atomic E-state index is 10.6. The summed E-state index contributed by atoms with van der Waals surface area (Å²) in [6.45, 7) is 2.14. The van der Waals surface area contributed by atoms with Gasteiger partial charge >= 0.3 is 5.97 Å². The molecule has 2 rings (SSSR count). The lowest BCUT2D eigenvalue weighted by Crippen LogP contribution is -2.30. The normalized spacial score (nSPS) is 19.0. The van der Waals surface area contributed by atoms with Crippen LogP contribution in [0.15, 0.2) is 16.5 Å². The molecule has 0 spiro atoms. The number of rotatable bonds is 3. The Kier molecular flexibility index (Phi) is 2.42. The predicted molar refractivity (Wildman–Crippen MR) is 56.2 cm³/mol. The monoisotopic (exact) mass is 209 g/mol. The number of anilines is 1. The van der Waals surface area contributed by atoms with Crippen LogP contribution in [0.1, 0.15) is 43.2 Å². The molecule has 0 amide bonds. The fourth-order valence-corrected chi connectivity index (χ4v) is 2.10. The quantitative estimate of drug-likeness (QED) is 0.803. The maximum Gasteiger partial charge on any atom is 0.371 e. The number of furan rings is 1. The molecule has 0 aromatic carbocycles. The Hall–Kier alpha value is -1.45. The Bertz CT molecular complexity index is 364. The van der Waals surface area contributed by atoms with Crippen LogP contribution in [0.3, 0.4) is 0 Å². The molecular weight excluding hydrogens is 194 g/mol. The fourth-order valence-electron chi connectivity index (χ4n) is 2.10. The van der Waals surface area contributed by atoms with Gasteiger partial charge in [-0.15, -0.1) is 0 Å². The highest BCUT2D eigenvalue weighted by molar-refractivity contribution is 5.84. The molecule has 1 aliphatic rings. The number of carboxylic acid groups (broad SMARTS) is 1. The molecule has 1 fully saturated rings. The van der Waals surface area contributed by atoms with Crippen LogP contribution in [0.5, 0.6) is 0 Å². The summed E-state index contributed by atoms with van der Waals surface area (Å²) in [7, 11) is 0. The number of hydrogen-bond donors (Lipinski definition) is 2. The summed E-state index contributed by atoms with van der Waals surface area (Å²) in [5, 5.41) is 12.0. The first-order chi connectivity index (χ1) is 7.09. The lowest BCUT2D eigenvalue weighted by Gasteiger charge is -2.24. The average molecular weight is 209 g/mol. The molecule has 1 aromatic heterocycles. The molecule has 1 saturated carbocycles. The first kappa shape index (κ1) is 10.1. The van der Waals surface area contributed by atoms with Crippen LogP contribution in [-0.2, 0) is 0 Å². The molecule has 15 heavy (non-hydrogen) atoms. The van der Waals surface area contributed by atoms with Gasteiger partial charge in [-0.2, -0.15) is 0 Å². The standard InChI is InChI=1S/C11H15NO3/c1-11(6-2-3-7-11)12-9-5-4-8(15-9)10(13)14/h4-5,12H,2-3,6-7H2,1H3,(H,13,14). The maximum atomic E-state index is 10.6. The van der Waals surface area contributed by atoms with Gasteiger partial charge in [0.15, 0.2) is 5.88 Å². The number of carboxylic acids is 1. The Morgan fingerprint density at radius 1 is 1.47 bits per heavy atom. The summed E-state index contributed by atoms with van der Waals surface area (Å²) >= 11 is 0. The smallest absolute Gasteiger partial charge is 0.371 e. The third-order valence-corrected chi connectivity index (χ3v) is 2.95. The topological polar surface area (TPSA) is 62.5 Å². The summed E-state index contributed by atoms with van der Waals surface area (Å²) in [5.41, 5.74) is 0.0631. The predicted octanol–water partition coefficient (Wildman–Crippen LogP) is 2.72. The second-order valence-corrected chi connectivity index (χ2v) is 4.36. The largest absolute Gasteiger partial charge is 0.475 e. The zero-order valence-electron chi connectivity index (χ0n) is 8.75. The van der Waals surface area contributed by atoms with E-state index in [0.717, 1.165) is 12.8 Å². The summed E-state index contributed by atoms with van der Waals surface area (Å²) in [5.74, 6) is -0.490. The van der Waals surface area contributed by atoms with Crippen LogP contribution in [0, 0.1) is 0 Å². The minimum Gasteiger partial charge on any atom is -0.475 e. The number of hydrogen-bond acceptors (Lipinski definition) is 3. The van der Waals surface area contributed by atoms with Crippen molar-refractivity contribution in [3.8, 4) is 0 Å². The second kappa shape index (κ2) is 3.61. The number of nitrogens with one attached hydrogen (secondary N) is 1. The summed E-state index contributed by atoms with van der Waals surface area (Å²) in [6.07, 6.45) is 4.65. The molecule has 0 aliphatic heterocycles. The van der Waals surface area contributed by atoms with Crippen LogP contribution in [0.4, 0.5) is 5.88 Å². The molecule has 1 aromatic rings. The van der Waals surface area contributed by atoms with E-state index in [4.69, 9.17) is 9.52 Å². The van der Waals surface area contributed by atoms with E-state index in [9.17, 15) is 4.79 Å². The van der Waals surface area contributed by atoms with E-state index in [-0.39, 0.29) is 11.3 Å². The van der Waals surface area contributed by atoms with Crippen molar-refractivity contribution in [1.29, 1.82) is 0 Å². The molecular formula is C11H15NO3. The van der Waals surface area contributed by atoms with E-state index in [2.05, 4.69) is 12.2 Å². The van der Waals surface area contributed by atoms with Crippen molar-refractivity contribution in [2.24, 2.45) is 0 Å². The molecule has 4 heteroatoms. The first-order valence-corrected chi connectivity index (χ1v) is 5.20. The van der Waals surface area contributed by atoms with Gasteiger partial charge in [0.1, 0.15) is 0 Å². The van der Waals surface area contributed by atoms with Gasteiger partial charge in [-0.3, -0.25) is 0 Å². The molecule has 0 bridgehead atoms. The minimum absolute atomic E-state index is 0.0147. The zero-order chi connectivity index (χ0) is 10.9. The highest BCUT2D eigenvalue weighted by Gasteiger charge is 2.29. The Balaban J connectivity index is 2.07. The van der Waals surface area contributed by atoms with Crippen molar-refractivity contribution in [1.82, 2.24) is 0 Å². The molecule has 1 heterocycles. The van der Waals surface area contributed by atoms with Gasteiger partial charge in [0, 0.05) is 11.6 Å². The summed E-state index contributed by atoms with van der Waals surface area (Å²) in [4.78, 5) is 10.6. The molecule has 4 nitrogen and oxygen atoms in total. The van der Waals surface area contributed by atoms with E-state index in [1.165, 1.54) is 18.9 Å². The van der Waals surface area contributed by atoms with E-state index in [1.54, 1.807) is 6.07 Å². The van der Waals surface area contributed by atoms with Gasteiger partial charge in [0.2, 0.25) is 5.76 Å². The van der Waals surface area contributed by atoms with Crippen molar-refractivity contribution in [2.45, 2.75) is 38.1 Å². The molecule has 0 atom stereocenters. The highest BCUT2D eigenvalue weighted by Crippen LogP contribution is 2.32. The van der Waals surface area contributed by atoms with Crippen LogP contribution in [-0.4, -0.2) is 16.6 Å². The minimum atomic E-state index is -1.03. The second-order valence-electron chi connectivity index (χ2n) is 4.36. The van der Waals surface area contributed by atoms with E-state index in [0.29, 0.717) is 5.88 Å². The van der Waals surface area contributed by atoms with E-state index >= 15 is 0 Å². The average Bonchev–Trinajstić information content (AvgIpc) is 2.75. The van der Waals surface area contributed by atoms with Gasteiger partial charge in [0.25, 0.3) is 0 Å². The lowest BCUT2D eigenvalue weighted by molar-refractivity contribution is 0.0663. The van der Waals surface area contributed by atoms with Crippen LogP contribution in [0.2, 0.25) is 0 Å². The summed E-state index contributed by atoms with van der Waals surface area (Å²) < 4.78 is 5.16. The van der Waals surface area contributed by atoms with E-state index < -0.39 is 5.97 Å². The number of carbonyl (C=O) groups is 1. The lowest BCUT2D eigenvalue weighted by atomic mass is 10.0. The van der Waals surface area contributed by atoms with Crippen molar-refractivity contribution < 1.29 is 14.3 Å². The third kappa shape index (κ3) is 2.14. The Morgan fingerprint density at radius 2 is 2.13 bits per heavy atom. The molecule has 2 N–H and O–H groups in total. The molecule has 1 aliphatic carbocycles. The first-order valence-electron chi connectivity index (χ1n) is 5.20. The highest BCUT2D eigenvalue weighted by atomic mass is 16.4. The van der Waals surface area contributed by atoms with Gasteiger partial charge in [-0.1, -0.05) is 12.8 Å². The fraction of sp³-hybridized carbons (Fsp3) is 0.545. The SMILES string of the molecule is CC1(Nc2ccc(C(=O)O)o2)CCCC1. The zero-order valence-corrected chi connectivity index (χ0v) is 8.75. The van der Waals surface area contributed by atoms with Gasteiger partial charge < -0.3 is 14.8 Å². The van der Waals surface area contributed by atoms with Crippen LogP contribution < -0.4 is 5.32 Å². The molecule has 82 valence electrons. The van der Waals surface area contributed by atoms with Gasteiger partial charge in [0.05, 0.1) is 0 Å². The van der Waals surface area contributed by atoms with Gasteiger partial charge in [-0.05, 0) is 25.8 Å².